The third kappa shape index (κ3) is 9.36. The van der Waals surface area contributed by atoms with Crippen molar-refractivity contribution in [3.8, 4) is 0 Å². The zero-order valence-electron chi connectivity index (χ0n) is 13.7. The Labute approximate surface area is 140 Å². The summed E-state index contributed by atoms with van der Waals surface area (Å²) in [5.41, 5.74) is 6.82. The molecule has 0 fully saturated rings. The third-order valence-electron chi connectivity index (χ3n) is 3.48. The highest BCUT2D eigenvalue weighted by Gasteiger charge is 2.13. The van der Waals surface area contributed by atoms with Crippen molar-refractivity contribution < 1.29 is 0 Å². The van der Waals surface area contributed by atoms with E-state index in [1.54, 1.807) is 6.08 Å². The molecular formula is C17H30Cl2N2. The van der Waals surface area contributed by atoms with E-state index in [1.165, 1.54) is 18.4 Å². The highest BCUT2D eigenvalue weighted by Crippen LogP contribution is 2.19. The van der Waals surface area contributed by atoms with Crippen LogP contribution in [0.1, 0.15) is 46.5 Å². The number of hydrogen-bond donors (Lipinski definition) is 1. The van der Waals surface area contributed by atoms with Gasteiger partial charge in [0.05, 0.1) is 10.1 Å². The maximum absolute atomic E-state index is 6.14. The van der Waals surface area contributed by atoms with Crippen LogP contribution in [0.25, 0.3) is 0 Å². The Morgan fingerprint density at radius 1 is 1.29 bits per heavy atom. The van der Waals surface area contributed by atoms with Crippen molar-refractivity contribution in [1.82, 2.24) is 4.90 Å². The lowest BCUT2D eigenvalue weighted by molar-refractivity contribution is 0.211. The Bertz CT molecular complexity index is 362. The second-order valence-corrected chi connectivity index (χ2v) is 6.31. The van der Waals surface area contributed by atoms with E-state index >= 15 is 0 Å². The molecule has 4 heteroatoms. The summed E-state index contributed by atoms with van der Waals surface area (Å²) in [5.74, 6) is 0. The van der Waals surface area contributed by atoms with E-state index < -0.39 is 0 Å². The van der Waals surface area contributed by atoms with Crippen LogP contribution in [0.4, 0.5) is 0 Å². The van der Waals surface area contributed by atoms with E-state index in [0.717, 1.165) is 32.5 Å². The molecule has 2 nitrogen and oxygen atoms in total. The topological polar surface area (TPSA) is 29.3 Å². The molecule has 0 aromatic rings. The average Bonchev–Trinajstić information content (AvgIpc) is 2.47. The van der Waals surface area contributed by atoms with Crippen molar-refractivity contribution >= 4 is 23.2 Å². The molecule has 0 aromatic carbocycles. The van der Waals surface area contributed by atoms with Gasteiger partial charge in [-0.1, -0.05) is 48.7 Å². The summed E-state index contributed by atoms with van der Waals surface area (Å²) in [6.45, 7) is 13.0. The summed E-state index contributed by atoms with van der Waals surface area (Å²) >= 11 is 12.1. The van der Waals surface area contributed by atoms with Crippen molar-refractivity contribution in [3.05, 3.63) is 34.4 Å². The Morgan fingerprint density at radius 3 is 2.48 bits per heavy atom. The fourth-order valence-electron chi connectivity index (χ4n) is 2.16. The predicted molar refractivity (Wildman–Crippen MR) is 96.9 cm³/mol. The van der Waals surface area contributed by atoms with Gasteiger partial charge in [0.15, 0.2) is 0 Å². The highest BCUT2D eigenvalue weighted by atomic mass is 35.5. The standard InChI is InChI=1S/C17H30Cl2N2/c1-5-7-11-21(15(4)9-8-10-20)13-14(3)12-17(19)16(18)6-2/h6,12,15H,2,5,7-11,13,20H2,1,3-4H3/b14-12+,17-16-. The Balaban J connectivity index is 4.78. The lowest BCUT2D eigenvalue weighted by Crippen LogP contribution is -2.35. The predicted octanol–water partition coefficient (Wildman–Crippen LogP) is 5.04. The fourth-order valence-corrected chi connectivity index (χ4v) is 2.48. The van der Waals surface area contributed by atoms with Crippen LogP contribution in [0.3, 0.4) is 0 Å². The molecule has 0 rings (SSSR count). The van der Waals surface area contributed by atoms with Crippen LogP contribution in [0.5, 0.6) is 0 Å². The minimum Gasteiger partial charge on any atom is -0.330 e. The minimum absolute atomic E-state index is 0.493. The van der Waals surface area contributed by atoms with E-state index in [9.17, 15) is 0 Å². The van der Waals surface area contributed by atoms with Gasteiger partial charge in [-0.25, -0.2) is 0 Å². The number of hydrogen-bond acceptors (Lipinski definition) is 2. The quantitative estimate of drug-likeness (QED) is 0.537. The molecule has 0 aliphatic rings. The third-order valence-corrected chi connectivity index (χ3v) is 4.25. The van der Waals surface area contributed by atoms with Crippen LogP contribution in [0.2, 0.25) is 0 Å². The van der Waals surface area contributed by atoms with E-state index in [2.05, 4.69) is 32.3 Å². The van der Waals surface area contributed by atoms with Gasteiger partial charge in [0.1, 0.15) is 0 Å². The molecule has 0 radical (unpaired) electrons. The number of halogens is 2. The fraction of sp³-hybridized carbons (Fsp3) is 0.647. The van der Waals surface area contributed by atoms with Crippen LogP contribution in [-0.2, 0) is 0 Å². The summed E-state index contributed by atoms with van der Waals surface area (Å²) in [4.78, 5) is 2.50. The molecule has 0 heterocycles. The van der Waals surface area contributed by atoms with E-state index in [0.29, 0.717) is 16.1 Å². The molecule has 0 amide bonds. The first-order chi connectivity index (χ1) is 9.96. The summed E-state index contributed by atoms with van der Waals surface area (Å²) in [6, 6.07) is 0.529. The van der Waals surface area contributed by atoms with Crippen LogP contribution >= 0.6 is 23.2 Å². The second-order valence-electron chi connectivity index (χ2n) is 5.49. The number of nitrogens with zero attached hydrogens (tertiary/aromatic N) is 1. The molecule has 2 N–H and O–H groups in total. The maximum Gasteiger partial charge on any atom is 0.0592 e. The van der Waals surface area contributed by atoms with E-state index in [4.69, 9.17) is 28.9 Å². The van der Waals surface area contributed by atoms with Crippen molar-refractivity contribution in [1.29, 1.82) is 0 Å². The largest absolute Gasteiger partial charge is 0.330 e. The van der Waals surface area contributed by atoms with Crippen LogP contribution in [-0.4, -0.2) is 30.6 Å². The minimum atomic E-state index is 0.493. The van der Waals surface area contributed by atoms with Crippen LogP contribution in [0.15, 0.2) is 34.4 Å². The molecule has 0 spiro atoms. The molecule has 0 aliphatic carbocycles. The van der Waals surface area contributed by atoms with Crippen molar-refractivity contribution in [2.75, 3.05) is 19.6 Å². The number of allylic oxidation sites excluding steroid dienone is 4. The summed E-state index contributed by atoms with van der Waals surface area (Å²) in [6.07, 6.45) is 8.09. The highest BCUT2D eigenvalue weighted by molar-refractivity contribution is 6.41. The summed E-state index contributed by atoms with van der Waals surface area (Å²) in [7, 11) is 0. The monoisotopic (exact) mass is 332 g/mol. The molecular weight excluding hydrogens is 303 g/mol. The van der Waals surface area contributed by atoms with Gasteiger partial charge in [-0.2, -0.15) is 0 Å². The molecule has 21 heavy (non-hydrogen) atoms. The molecule has 122 valence electrons. The Morgan fingerprint density at radius 2 is 1.95 bits per heavy atom. The normalized spacial score (nSPS) is 15.1. The molecule has 0 aliphatic heterocycles. The summed E-state index contributed by atoms with van der Waals surface area (Å²) < 4.78 is 0. The SMILES string of the molecule is C=C/C(Cl)=C(Cl)\C=C(/C)CN(CCCC)C(C)CCCN. The van der Waals surface area contributed by atoms with Gasteiger partial charge >= 0.3 is 0 Å². The average molecular weight is 333 g/mol. The lowest BCUT2D eigenvalue weighted by Gasteiger charge is -2.29. The van der Waals surface area contributed by atoms with Crippen LogP contribution in [0, 0.1) is 0 Å². The number of nitrogens with two attached hydrogens (primary N) is 1. The van der Waals surface area contributed by atoms with Gasteiger partial charge in [0, 0.05) is 12.6 Å². The smallest absolute Gasteiger partial charge is 0.0592 e. The first-order valence-corrected chi connectivity index (χ1v) is 8.50. The number of rotatable bonds is 11. The lowest BCUT2D eigenvalue weighted by atomic mass is 10.1. The zero-order valence-corrected chi connectivity index (χ0v) is 15.2. The van der Waals surface area contributed by atoms with E-state index in [-0.39, 0.29) is 0 Å². The zero-order chi connectivity index (χ0) is 16.3. The molecule has 0 bridgehead atoms. The van der Waals surface area contributed by atoms with Gasteiger partial charge in [0.2, 0.25) is 0 Å². The first kappa shape index (κ1) is 20.7. The maximum atomic E-state index is 6.14. The van der Waals surface area contributed by atoms with Gasteiger partial charge in [-0.15, -0.1) is 0 Å². The Hall–Kier alpha value is -0.280. The first-order valence-electron chi connectivity index (χ1n) is 7.75. The van der Waals surface area contributed by atoms with Gasteiger partial charge in [0.25, 0.3) is 0 Å². The van der Waals surface area contributed by atoms with Gasteiger partial charge in [-0.05, 0) is 58.4 Å². The van der Waals surface area contributed by atoms with Gasteiger partial charge in [-0.3, -0.25) is 4.90 Å². The summed E-state index contributed by atoms with van der Waals surface area (Å²) in [5, 5.41) is 1.04. The van der Waals surface area contributed by atoms with Crippen LogP contribution < -0.4 is 5.73 Å². The Kier molecular flexibility index (Phi) is 12.1. The van der Waals surface area contributed by atoms with Gasteiger partial charge < -0.3 is 5.73 Å². The van der Waals surface area contributed by atoms with E-state index in [1.807, 2.05) is 6.08 Å². The second kappa shape index (κ2) is 12.3. The van der Waals surface area contributed by atoms with Crippen molar-refractivity contribution in [2.24, 2.45) is 5.73 Å². The molecule has 0 saturated carbocycles. The molecule has 1 unspecified atom stereocenters. The molecule has 0 saturated heterocycles. The van der Waals surface area contributed by atoms with Crippen molar-refractivity contribution in [3.63, 3.8) is 0 Å². The molecule has 0 aromatic heterocycles. The van der Waals surface area contributed by atoms with Crippen molar-refractivity contribution in [2.45, 2.75) is 52.5 Å². The number of unbranched alkanes of at least 4 members (excludes halogenated alkanes) is 1. The molecule has 1 atom stereocenters.